The lowest BCUT2D eigenvalue weighted by Crippen LogP contribution is -2.40. The number of carboxylic acid groups (broad SMARTS) is 1. The van der Waals surface area contributed by atoms with Crippen molar-refractivity contribution in [3.63, 3.8) is 0 Å². The number of benzene rings is 1. The molecule has 2 rings (SSSR count). The van der Waals surface area contributed by atoms with Gasteiger partial charge >= 0.3 is 5.97 Å². The van der Waals surface area contributed by atoms with Crippen molar-refractivity contribution in [1.29, 1.82) is 0 Å². The van der Waals surface area contributed by atoms with Crippen molar-refractivity contribution in [2.45, 2.75) is 19.3 Å². The van der Waals surface area contributed by atoms with Gasteiger partial charge in [0.2, 0.25) is 0 Å². The minimum atomic E-state index is -0.804. The summed E-state index contributed by atoms with van der Waals surface area (Å²) in [5, 5.41) is 9.36. The van der Waals surface area contributed by atoms with Crippen molar-refractivity contribution >= 4 is 23.5 Å². The molecule has 1 aliphatic rings. The maximum atomic E-state index is 12.3. The molecule has 1 unspecified atom stereocenters. The minimum Gasteiger partial charge on any atom is -0.481 e. The Bertz CT molecular complexity index is 489. The van der Waals surface area contributed by atoms with Gasteiger partial charge in [0.15, 0.2) is 0 Å². The maximum Gasteiger partial charge on any atom is 0.303 e. The predicted molar refractivity (Wildman–Crippen MR) is 72.3 cm³/mol. The molecule has 0 radical (unpaired) electrons. The summed E-state index contributed by atoms with van der Waals surface area (Å²) in [5.41, 5.74) is 0.559. The van der Waals surface area contributed by atoms with Gasteiger partial charge in [-0.1, -0.05) is 17.7 Å². The second kappa shape index (κ2) is 6.06. The summed E-state index contributed by atoms with van der Waals surface area (Å²) in [6.07, 6.45) is 1.84. The van der Waals surface area contributed by atoms with Gasteiger partial charge in [0, 0.05) is 30.1 Å². The summed E-state index contributed by atoms with van der Waals surface area (Å²) in [7, 11) is 0. The SMILES string of the molecule is O=C(O)CC1CCCN(C(=O)c2cccc(Cl)c2)C1. The molecular formula is C14H16ClNO3. The van der Waals surface area contributed by atoms with Gasteiger partial charge in [-0.2, -0.15) is 0 Å². The molecule has 102 valence electrons. The van der Waals surface area contributed by atoms with Crippen LogP contribution in [0.1, 0.15) is 29.6 Å². The van der Waals surface area contributed by atoms with Crippen molar-refractivity contribution in [2.75, 3.05) is 13.1 Å². The third-order valence-electron chi connectivity index (χ3n) is 3.34. The fraction of sp³-hybridized carbons (Fsp3) is 0.429. The van der Waals surface area contributed by atoms with E-state index < -0.39 is 5.97 Å². The number of nitrogens with zero attached hydrogens (tertiary/aromatic N) is 1. The molecule has 19 heavy (non-hydrogen) atoms. The average Bonchev–Trinajstić information content (AvgIpc) is 2.37. The zero-order chi connectivity index (χ0) is 13.8. The highest BCUT2D eigenvalue weighted by molar-refractivity contribution is 6.30. The van der Waals surface area contributed by atoms with Crippen LogP contribution in [0.4, 0.5) is 0 Å². The first kappa shape index (κ1) is 13.9. The minimum absolute atomic E-state index is 0.0504. The second-order valence-corrected chi connectivity index (χ2v) is 5.30. The molecule has 1 aliphatic heterocycles. The number of piperidine rings is 1. The van der Waals surface area contributed by atoms with Crippen LogP contribution < -0.4 is 0 Å². The summed E-state index contributed by atoms with van der Waals surface area (Å²) in [4.78, 5) is 24.8. The van der Waals surface area contributed by atoms with E-state index in [-0.39, 0.29) is 18.2 Å². The summed E-state index contributed by atoms with van der Waals surface area (Å²) in [5.74, 6) is -0.825. The molecule has 1 atom stereocenters. The zero-order valence-corrected chi connectivity index (χ0v) is 11.3. The number of carbonyl (C=O) groups excluding carboxylic acids is 1. The molecule has 4 nitrogen and oxygen atoms in total. The van der Waals surface area contributed by atoms with Crippen LogP contribution in [0.2, 0.25) is 5.02 Å². The normalized spacial score (nSPS) is 19.2. The van der Waals surface area contributed by atoms with E-state index in [0.717, 1.165) is 12.8 Å². The van der Waals surface area contributed by atoms with E-state index in [1.165, 1.54) is 0 Å². The van der Waals surface area contributed by atoms with Crippen LogP contribution in [0.5, 0.6) is 0 Å². The third kappa shape index (κ3) is 3.70. The summed E-state index contributed by atoms with van der Waals surface area (Å²) in [6, 6.07) is 6.84. The maximum absolute atomic E-state index is 12.3. The van der Waals surface area contributed by atoms with Crippen LogP contribution in [0, 0.1) is 5.92 Å². The number of amides is 1. The molecule has 1 aromatic carbocycles. The van der Waals surface area contributed by atoms with Crippen LogP contribution >= 0.6 is 11.6 Å². The molecular weight excluding hydrogens is 266 g/mol. The number of hydrogen-bond acceptors (Lipinski definition) is 2. The van der Waals surface area contributed by atoms with Crippen LogP contribution in [-0.4, -0.2) is 35.0 Å². The Kier molecular flexibility index (Phi) is 4.43. The van der Waals surface area contributed by atoms with Gasteiger partial charge in [-0.05, 0) is 37.0 Å². The Morgan fingerprint density at radius 3 is 2.89 bits per heavy atom. The first-order valence-corrected chi connectivity index (χ1v) is 6.70. The van der Waals surface area contributed by atoms with Crippen LogP contribution in [-0.2, 0) is 4.79 Å². The van der Waals surface area contributed by atoms with Crippen molar-refractivity contribution < 1.29 is 14.7 Å². The number of carboxylic acids is 1. The highest BCUT2D eigenvalue weighted by Crippen LogP contribution is 2.22. The summed E-state index contributed by atoms with van der Waals surface area (Å²) >= 11 is 5.88. The highest BCUT2D eigenvalue weighted by atomic mass is 35.5. The Labute approximate surface area is 117 Å². The predicted octanol–water partition coefficient (Wildman–Crippen LogP) is 2.67. The van der Waals surface area contributed by atoms with Crippen molar-refractivity contribution in [1.82, 2.24) is 4.90 Å². The van der Waals surface area contributed by atoms with E-state index in [4.69, 9.17) is 16.7 Å². The molecule has 0 saturated carbocycles. The van der Waals surface area contributed by atoms with E-state index in [1.54, 1.807) is 29.2 Å². The molecule has 1 N–H and O–H groups in total. The number of halogens is 1. The van der Waals surface area contributed by atoms with Gasteiger partial charge in [0.05, 0.1) is 0 Å². The molecule has 5 heteroatoms. The first-order chi connectivity index (χ1) is 9.06. The van der Waals surface area contributed by atoms with Crippen LogP contribution in [0.15, 0.2) is 24.3 Å². The van der Waals surface area contributed by atoms with Crippen LogP contribution in [0.25, 0.3) is 0 Å². The molecule has 1 fully saturated rings. The van der Waals surface area contributed by atoms with E-state index >= 15 is 0 Å². The molecule has 0 bridgehead atoms. The fourth-order valence-corrected chi connectivity index (χ4v) is 2.66. The standard InChI is InChI=1S/C14H16ClNO3/c15-12-5-1-4-11(8-12)14(19)16-6-2-3-10(9-16)7-13(17)18/h1,4-5,8,10H,2-3,6-7,9H2,(H,17,18). The molecule has 0 aliphatic carbocycles. The van der Waals surface area contributed by atoms with Gasteiger partial charge in [0.25, 0.3) is 5.91 Å². The lowest BCUT2D eigenvalue weighted by molar-refractivity contribution is -0.138. The van der Waals surface area contributed by atoms with E-state index in [0.29, 0.717) is 23.7 Å². The molecule has 0 aromatic heterocycles. The van der Waals surface area contributed by atoms with E-state index in [2.05, 4.69) is 0 Å². The number of likely N-dealkylation sites (tertiary alicyclic amines) is 1. The highest BCUT2D eigenvalue weighted by Gasteiger charge is 2.25. The van der Waals surface area contributed by atoms with Gasteiger partial charge < -0.3 is 10.0 Å². The molecule has 0 spiro atoms. The summed E-state index contributed by atoms with van der Waals surface area (Å²) in [6.45, 7) is 1.19. The van der Waals surface area contributed by atoms with Gasteiger partial charge in [-0.15, -0.1) is 0 Å². The lowest BCUT2D eigenvalue weighted by atomic mass is 9.94. The summed E-state index contributed by atoms with van der Waals surface area (Å²) < 4.78 is 0. The largest absolute Gasteiger partial charge is 0.481 e. The molecule has 1 heterocycles. The monoisotopic (exact) mass is 281 g/mol. The van der Waals surface area contributed by atoms with Gasteiger partial charge in [-0.3, -0.25) is 9.59 Å². The van der Waals surface area contributed by atoms with Crippen molar-refractivity contribution in [3.8, 4) is 0 Å². The smallest absolute Gasteiger partial charge is 0.303 e. The van der Waals surface area contributed by atoms with Gasteiger partial charge in [-0.25, -0.2) is 0 Å². The third-order valence-corrected chi connectivity index (χ3v) is 3.58. The Morgan fingerprint density at radius 2 is 2.21 bits per heavy atom. The van der Waals surface area contributed by atoms with Crippen molar-refractivity contribution in [2.24, 2.45) is 5.92 Å². The number of aliphatic carboxylic acids is 1. The number of carbonyl (C=O) groups is 2. The molecule has 1 saturated heterocycles. The molecule has 1 amide bonds. The van der Waals surface area contributed by atoms with Crippen LogP contribution in [0.3, 0.4) is 0 Å². The van der Waals surface area contributed by atoms with Crippen molar-refractivity contribution in [3.05, 3.63) is 34.9 Å². The topological polar surface area (TPSA) is 57.6 Å². The Balaban J connectivity index is 2.04. The fourth-order valence-electron chi connectivity index (χ4n) is 2.47. The number of hydrogen-bond donors (Lipinski definition) is 1. The van der Waals surface area contributed by atoms with E-state index in [1.807, 2.05) is 0 Å². The quantitative estimate of drug-likeness (QED) is 0.927. The molecule has 1 aromatic rings. The zero-order valence-electron chi connectivity index (χ0n) is 10.5. The Hall–Kier alpha value is -1.55. The van der Waals surface area contributed by atoms with Gasteiger partial charge in [0.1, 0.15) is 0 Å². The lowest BCUT2D eigenvalue weighted by Gasteiger charge is -2.32. The number of rotatable bonds is 3. The second-order valence-electron chi connectivity index (χ2n) is 4.87. The van der Waals surface area contributed by atoms with E-state index in [9.17, 15) is 9.59 Å². The Morgan fingerprint density at radius 1 is 1.42 bits per heavy atom. The first-order valence-electron chi connectivity index (χ1n) is 6.33. The average molecular weight is 282 g/mol.